The van der Waals surface area contributed by atoms with Gasteiger partial charge in [-0.15, -0.1) is 10.2 Å². The number of benzene rings is 2. The minimum Gasteiger partial charge on any atom is -0.366 e. The van der Waals surface area contributed by atoms with Crippen LogP contribution in [0.15, 0.2) is 78.2 Å². The maximum Gasteiger partial charge on any atom is 0.248 e. The molecule has 2 heterocycles. The van der Waals surface area contributed by atoms with Crippen LogP contribution in [0.4, 0.5) is 0 Å². The van der Waals surface area contributed by atoms with E-state index in [9.17, 15) is 4.79 Å². The zero-order chi connectivity index (χ0) is 20.2. The number of aryl methyl sites for hydroxylation is 1. The number of primary amides is 1. The summed E-state index contributed by atoms with van der Waals surface area (Å²) >= 11 is 1.59. The molecule has 0 fully saturated rings. The average molecular weight is 401 g/mol. The predicted octanol–water partition coefficient (Wildman–Crippen LogP) is 4.03. The van der Waals surface area contributed by atoms with Crippen molar-refractivity contribution in [3.8, 4) is 17.1 Å². The molecule has 0 aliphatic heterocycles. The first-order valence-corrected chi connectivity index (χ1v) is 10.1. The van der Waals surface area contributed by atoms with Gasteiger partial charge in [0.1, 0.15) is 0 Å². The van der Waals surface area contributed by atoms with Gasteiger partial charge in [-0.1, -0.05) is 42.1 Å². The van der Waals surface area contributed by atoms with Gasteiger partial charge >= 0.3 is 0 Å². The molecule has 7 heteroatoms. The highest BCUT2D eigenvalue weighted by atomic mass is 32.2. The van der Waals surface area contributed by atoms with Crippen molar-refractivity contribution in [1.29, 1.82) is 0 Å². The molecule has 2 N–H and O–H groups in total. The number of nitrogens with two attached hydrogens (primary N) is 1. The summed E-state index contributed by atoms with van der Waals surface area (Å²) in [6, 6.07) is 19.3. The van der Waals surface area contributed by atoms with Gasteiger partial charge in [0.15, 0.2) is 11.0 Å². The molecule has 0 radical (unpaired) electrons. The van der Waals surface area contributed by atoms with Crippen LogP contribution in [0, 0.1) is 6.92 Å². The molecule has 144 valence electrons. The minimum atomic E-state index is -0.425. The van der Waals surface area contributed by atoms with Gasteiger partial charge in [0, 0.05) is 29.3 Å². The lowest BCUT2D eigenvalue weighted by Crippen LogP contribution is -2.10. The predicted molar refractivity (Wildman–Crippen MR) is 114 cm³/mol. The number of pyridine rings is 1. The second-order valence-electron chi connectivity index (χ2n) is 6.51. The van der Waals surface area contributed by atoms with Crippen LogP contribution in [0.2, 0.25) is 0 Å². The van der Waals surface area contributed by atoms with E-state index >= 15 is 0 Å². The molecule has 0 aliphatic carbocycles. The summed E-state index contributed by atoms with van der Waals surface area (Å²) in [6.45, 7) is 2.07. The third-order valence-electron chi connectivity index (χ3n) is 4.53. The summed E-state index contributed by atoms with van der Waals surface area (Å²) in [5.74, 6) is 1.04. The molecule has 0 unspecified atom stereocenters. The fourth-order valence-corrected chi connectivity index (χ4v) is 3.90. The first-order valence-electron chi connectivity index (χ1n) is 9.07. The lowest BCUT2D eigenvalue weighted by atomic mass is 10.1. The Bertz CT molecular complexity index is 1140. The van der Waals surface area contributed by atoms with E-state index in [1.54, 1.807) is 36.3 Å². The molecule has 0 bridgehead atoms. The highest BCUT2D eigenvalue weighted by molar-refractivity contribution is 7.98. The molecule has 2 aromatic heterocycles. The quantitative estimate of drug-likeness (QED) is 0.493. The Morgan fingerprint density at radius 2 is 1.72 bits per heavy atom. The van der Waals surface area contributed by atoms with E-state index in [-0.39, 0.29) is 0 Å². The Balaban J connectivity index is 1.69. The molecule has 0 aliphatic rings. The highest BCUT2D eigenvalue weighted by Gasteiger charge is 2.17. The van der Waals surface area contributed by atoms with Crippen LogP contribution in [-0.4, -0.2) is 25.7 Å². The van der Waals surface area contributed by atoms with Crippen molar-refractivity contribution in [2.24, 2.45) is 5.73 Å². The maximum absolute atomic E-state index is 11.3. The van der Waals surface area contributed by atoms with Gasteiger partial charge in [-0.2, -0.15) is 0 Å². The largest absolute Gasteiger partial charge is 0.366 e. The number of carbonyl (C=O) groups is 1. The van der Waals surface area contributed by atoms with Crippen LogP contribution >= 0.6 is 11.8 Å². The number of nitrogens with zero attached hydrogens (tertiary/aromatic N) is 4. The number of rotatable bonds is 6. The fourth-order valence-electron chi connectivity index (χ4n) is 3.00. The topological polar surface area (TPSA) is 86.7 Å². The van der Waals surface area contributed by atoms with Crippen molar-refractivity contribution in [1.82, 2.24) is 19.7 Å². The second kappa shape index (κ2) is 8.28. The third kappa shape index (κ3) is 4.05. The van der Waals surface area contributed by atoms with Crippen molar-refractivity contribution in [3.63, 3.8) is 0 Å². The number of hydrogen-bond donors (Lipinski definition) is 1. The van der Waals surface area contributed by atoms with E-state index in [1.165, 1.54) is 0 Å². The van der Waals surface area contributed by atoms with E-state index in [0.717, 1.165) is 33.4 Å². The summed E-state index contributed by atoms with van der Waals surface area (Å²) in [5.41, 5.74) is 10.0. The summed E-state index contributed by atoms with van der Waals surface area (Å²) in [7, 11) is 0. The zero-order valence-electron chi connectivity index (χ0n) is 15.8. The molecule has 4 rings (SSSR count). The molecular weight excluding hydrogens is 382 g/mol. The fraction of sp³-hybridized carbons (Fsp3) is 0.0909. The van der Waals surface area contributed by atoms with E-state index in [4.69, 9.17) is 5.73 Å². The number of thioether (sulfide) groups is 1. The van der Waals surface area contributed by atoms with Crippen molar-refractivity contribution in [3.05, 3.63) is 89.7 Å². The van der Waals surface area contributed by atoms with Crippen LogP contribution < -0.4 is 5.73 Å². The van der Waals surface area contributed by atoms with E-state index in [2.05, 4.69) is 38.8 Å². The summed E-state index contributed by atoms with van der Waals surface area (Å²) in [5, 5.41) is 9.71. The molecule has 0 atom stereocenters. The summed E-state index contributed by atoms with van der Waals surface area (Å²) in [4.78, 5) is 15.4. The molecule has 0 spiro atoms. The van der Waals surface area contributed by atoms with Crippen molar-refractivity contribution in [2.45, 2.75) is 17.8 Å². The van der Waals surface area contributed by atoms with Gasteiger partial charge < -0.3 is 5.73 Å². The Hall–Kier alpha value is -3.45. The molecule has 2 aromatic carbocycles. The van der Waals surface area contributed by atoms with E-state index in [0.29, 0.717) is 11.3 Å². The van der Waals surface area contributed by atoms with E-state index < -0.39 is 5.91 Å². The SMILES string of the molecule is Cc1ccccc1-n1c(SCc2ccc(C(N)=O)cc2)nnc1-c1ccncc1. The van der Waals surface area contributed by atoms with Crippen molar-refractivity contribution >= 4 is 17.7 Å². The zero-order valence-corrected chi connectivity index (χ0v) is 16.6. The highest BCUT2D eigenvalue weighted by Crippen LogP contribution is 2.30. The molecule has 0 saturated carbocycles. The summed E-state index contributed by atoms with van der Waals surface area (Å²) in [6.07, 6.45) is 3.50. The lowest BCUT2D eigenvalue weighted by molar-refractivity contribution is 0.100. The minimum absolute atomic E-state index is 0.425. The Morgan fingerprint density at radius 3 is 2.41 bits per heavy atom. The van der Waals surface area contributed by atoms with E-state index in [1.807, 2.05) is 36.4 Å². The number of hydrogen-bond acceptors (Lipinski definition) is 5. The first kappa shape index (κ1) is 18.9. The average Bonchev–Trinajstić information content (AvgIpc) is 3.17. The van der Waals surface area contributed by atoms with Gasteiger partial charge in [0.05, 0.1) is 5.69 Å². The second-order valence-corrected chi connectivity index (χ2v) is 7.46. The smallest absolute Gasteiger partial charge is 0.248 e. The van der Waals surface area contributed by atoms with Crippen LogP contribution in [0.3, 0.4) is 0 Å². The van der Waals surface area contributed by atoms with Crippen LogP contribution in [0.1, 0.15) is 21.5 Å². The molecule has 0 saturated heterocycles. The summed E-state index contributed by atoms with van der Waals surface area (Å²) < 4.78 is 2.08. The first-order chi connectivity index (χ1) is 14.1. The van der Waals surface area contributed by atoms with Crippen LogP contribution in [0.5, 0.6) is 0 Å². The van der Waals surface area contributed by atoms with Gasteiger partial charge in [0.25, 0.3) is 0 Å². The number of carbonyl (C=O) groups excluding carboxylic acids is 1. The molecular formula is C22H19N5OS. The molecule has 29 heavy (non-hydrogen) atoms. The van der Waals surface area contributed by atoms with Crippen LogP contribution in [-0.2, 0) is 5.75 Å². The molecule has 1 amide bonds. The van der Waals surface area contributed by atoms with Gasteiger partial charge in [-0.3, -0.25) is 14.3 Å². The Labute approximate surface area is 172 Å². The Kier molecular flexibility index (Phi) is 5.39. The number of aromatic nitrogens is 4. The number of amides is 1. The molecule has 4 aromatic rings. The van der Waals surface area contributed by atoms with Crippen molar-refractivity contribution < 1.29 is 4.79 Å². The van der Waals surface area contributed by atoms with Crippen LogP contribution in [0.25, 0.3) is 17.1 Å². The Morgan fingerprint density at radius 1 is 1.00 bits per heavy atom. The normalized spacial score (nSPS) is 10.8. The third-order valence-corrected chi connectivity index (χ3v) is 5.53. The van der Waals surface area contributed by atoms with Crippen molar-refractivity contribution in [2.75, 3.05) is 0 Å². The standard InChI is InChI=1S/C22H19N5OS/c1-15-4-2-3-5-19(15)27-21(18-10-12-24-13-11-18)25-26-22(27)29-14-16-6-8-17(9-7-16)20(23)28/h2-13H,14H2,1H3,(H2,23,28). The number of para-hydroxylation sites is 1. The maximum atomic E-state index is 11.3. The van der Waals surface area contributed by atoms with Gasteiger partial charge in [-0.25, -0.2) is 0 Å². The van der Waals surface area contributed by atoms with Gasteiger partial charge in [0.2, 0.25) is 5.91 Å². The lowest BCUT2D eigenvalue weighted by Gasteiger charge is -2.13. The monoisotopic (exact) mass is 401 g/mol. The molecule has 6 nitrogen and oxygen atoms in total. The van der Waals surface area contributed by atoms with Gasteiger partial charge in [-0.05, 0) is 48.4 Å².